The Morgan fingerprint density at radius 3 is 2.41 bits per heavy atom. The normalized spacial score (nSPS) is 10.8. The van der Waals surface area contributed by atoms with E-state index in [4.69, 9.17) is 14.2 Å². The van der Waals surface area contributed by atoms with Crippen LogP contribution in [0, 0.1) is 5.92 Å². The lowest BCUT2D eigenvalue weighted by molar-refractivity contribution is 0.117. The Morgan fingerprint density at radius 1 is 1.03 bits per heavy atom. The van der Waals surface area contributed by atoms with Crippen molar-refractivity contribution >= 4 is 27.6 Å². The summed E-state index contributed by atoms with van der Waals surface area (Å²) in [6.07, 6.45) is 3.10. The van der Waals surface area contributed by atoms with Gasteiger partial charge in [-0.3, -0.25) is 0 Å². The number of ether oxygens (including phenoxy) is 3. The van der Waals surface area contributed by atoms with Crippen molar-refractivity contribution in [2.24, 2.45) is 5.92 Å². The van der Waals surface area contributed by atoms with Crippen LogP contribution in [0.1, 0.15) is 31.7 Å². The number of nitrogens with zero attached hydrogens (tertiary/aromatic N) is 1. The molecule has 34 heavy (non-hydrogen) atoms. The van der Waals surface area contributed by atoms with Gasteiger partial charge in [0.2, 0.25) is 0 Å². The van der Waals surface area contributed by atoms with Crippen LogP contribution in [0.5, 0.6) is 17.2 Å². The van der Waals surface area contributed by atoms with Crippen LogP contribution >= 0.6 is 15.9 Å². The number of rotatable bonds is 14. The maximum atomic E-state index is 13.2. The number of urea groups is 1. The van der Waals surface area contributed by atoms with Gasteiger partial charge in [0.1, 0.15) is 5.75 Å². The van der Waals surface area contributed by atoms with Gasteiger partial charge in [0.25, 0.3) is 0 Å². The second kappa shape index (κ2) is 14.7. The highest BCUT2D eigenvalue weighted by Crippen LogP contribution is 2.31. The number of aliphatic hydroxyl groups is 2. The number of hydrogen-bond acceptors (Lipinski definition) is 6. The van der Waals surface area contributed by atoms with Crippen LogP contribution in [0.3, 0.4) is 0 Å². The highest BCUT2D eigenvalue weighted by Gasteiger charge is 2.21. The molecule has 3 N–H and O–H groups in total. The van der Waals surface area contributed by atoms with E-state index < -0.39 is 5.92 Å². The van der Waals surface area contributed by atoms with Crippen LogP contribution in [0.25, 0.3) is 0 Å². The second-order valence-electron chi connectivity index (χ2n) is 7.92. The summed E-state index contributed by atoms with van der Waals surface area (Å²) in [7, 11) is 3.14. The van der Waals surface area contributed by atoms with Crippen LogP contribution < -0.4 is 19.5 Å². The van der Waals surface area contributed by atoms with Crippen molar-refractivity contribution in [3.05, 3.63) is 46.4 Å². The van der Waals surface area contributed by atoms with E-state index in [2.05, 4.69) is 28.2 Å². The minimum atomic E-state index is -0.472. The fourth-order valence-electron chi connectivity index (χ4n) is 3.36. The molecule has 2 aromatic carbocycles. The van der Waals surface area contributed by atoms with E-state index in [9.17, 15) is 15.0 Å². The molecular weight excluding hydrogens is 504 g/mol. The first kappa shape index (κ1) is 27.8. The fourth-order valence-corrected chi connectivity index (χ4v) is 3.70. The predicted molar refractivity (Wildman–Crippen MR) is 136 cm³/mol. The summed E-state index contributed by atoms with van der Waals surface area (Å²) in [5.74, 6) is 1.30. The number of carbonyl (C=O) groups excluding carboxylic acids is 1. The molecule has 0 saturated heterocycles. The molecule has 2 aromatic rings. The van der Waals surface area contributed by atoms with Gasteiger partial charge in [-0.05, 0) is 30.7 Å². The Hall–Kier alpha value is -2.49. The Balaban J connectivity index is 2.22. The van der Waals surface area contributed by atoms with E-state index in [1.54, 1.807) is 32.4 Å². The number of hydrogen-bond donors (Lipinski definition) is 3. The second-order valence-corrected chi connectivity index (χ2v) is 8.83. The largest absolute Gasteiger partial charge is 0.496 e. The Bertz CT molecular complexity index is 907. The minimum Gasteiger partial charge on any atom is -0.496 e. The first-order valence-electron chi connectivity index (χ1n) is 11.4. The number of methoxy groups -OCH3 is 2. The maximum absolute atomic E-state index is 13.2. The topological polar surface area (TPSA) is 100 Å². The Labute approximate surface area is 210 Å². The van der Waals surface area contributed by atoms with E-state index in [0.29, 0.717) is 29.5 Å². The molecule has 9 heteroatoms. The highest BCUT2D eigenvalue weighted by atomic mass is 79.9. The fraction of sp³-hybridized carbons (Fsp3) is 0.480. The van der Waals surface area contributed by atoms with Gasteiger partial charge >= 0.3 is 6.03 Å². The van der Waals surface area contributed by atoms with Crippen molar-refractivity contribution in [1.82, 2.24) is 4.90 Å². The smallest absolute Gasteiger partial charge is 0.322 e. The monoisotopic (exact) mass is 538 g/mol. The average Bonchev–Trinajstić information content (AvgIpc) is 2.85. The van der Waals surface area contributed by atoms with Crippen molar-refractivity contribution in [3.63, 3.8) is 0 Å². The molecule has 0 bridgehead atoms. The summed E-state index contributed by atoms with van der Waals surface area (Å²) in [4.78, 5) is 14.8. The summed E-state index contributed by atoms with van der Waals surface area (Å²) in [5.41, 5.74) is 1.35. The van der Waals surface area contributed by atoms with Gasteiger partial charge in [-0.25, -0.2) is 4.79 Å². The van der Waals surface area contributed by atoms with Gasteiger partial charge in [0.15, 0.2) is 11.5 Å². The van der Waals surface area contributed by atoms with Gasteiger partial charge in [-0.2, -0.15) is 0 Å². The first-order valence-corrected chi connectivity index (χ1v) is 12.2. The van der Waals surface area contributed by atoms with Crippen LogP contribution in [-0.2, 0) is 6.54 Å². The highest BCUT2D eigenvalue weighted by molar-refractivity contribution is 9.10. The zero-order chi connectivity index (χ0) is 24.9. The molecule has 0 aromatic heterocycles. The minimum absolute atomic E-state index is 0.161. The van der Waals surface area contributed by atoms with E-state index in [1.807, 2.05) is 18.2 Å². The zero-order valence-electron chi connectivity index (χ0n) is 20.1. The molecule has 0 atom stereocenters. The molecule has 0 aliphatic carbocycles. The van der Waals surface area contributed by atoms with Crippen molar-refractivity contribution in [2.45, 2.75) is 32.7 Å². The first-order chi connectivity index (χ1) is 16.4. The van der Waals surface area contributed by atoms with E-state index in [1.165, 1.54) is 4.90 Å². The molecule has 0 aliphatic rings. The molecule has 0 spiro atoms. The summed E-state index contributed by atoms with van der Waals surface area (Å²) >= 11 is 3.42. The van der Waals surface area contributed by atoms with Gasteiger partial charge < -0.3 is 34.6 Å². The van der Waals surface area contributed by atoms with Crippen molar-refractivity contribution in [2.75, 3.05) is 45.9 Å². The maximum Gasteiger partial charge on any atom is 0.322 e. The lowest BCUT2D eigenvalue weighted by Gasteiger charge is -2.27. The molecule has 0 heterocycles. The molecule has 0 unspecified atom stereocenters. The van der Waals surface area contributed by atoms with Crippen molar-refractivity contribution in [1.29, 1.82) is 0 Å². The molecule has 2 rings (SSSR count). The van der Waals surface area contributed by atoms with E-state index in [0.717, 1.165) is 29.3 Å². The molecule has 188 valence electrons. The van der Waals surface area contributed by atoms with Crippen LogP contribution in [0.2, 0.25) is 0 Å². The third-order valence-electron chi connectivity index (χ3n) is 5.31. The third-order valence-corrected chi connectivity index (χ3v) is 5.81. The number of benzene rings is 2. The molecule has 0 saturated carbocycles. The lowest BCUT2D eigenvalue weighted by Crippen LogP contribution is -2.39. The van der Waals surface area contributed by atoms with E-state index >= 15 is 0 Å². The number of aliphatic hydroxyl groups excluding tert-OH is 2. The predicted octanol–water partition coefficient (Wildman–Crippen LogP) is 4.67. The van der Waals surface area contributed by atoms with Crippen molar-refractivity contribution < 1.29 is 29.2 Å². The van der Waals surface area contributed by atoms with Gasteiger partial charge in [0, 0.05) is 47.5 Å². The summed E-state index contributed by atoms with van der Waals surface area (Å²) in [6.45, 7) is 2.60. The van der Waals surface area contributed by atoms with Crippen LogP contribution in [0.4, 0.5) is 10.5 Å². The number of unbranched alkanes of at least 4 members (excludes halogenated alkanes) is 2. The lowest BCUT2D eigenvalue weighted by atomic mass is 10.1. The van der Waals surface area contributed by atoms with E-state index in [-0.39, 0.29) is 32.3 Å². The zero-order valence-corrected chi connectivity index (χ0v) is 21.6. The molecule has 0 radical (unpaired) electrons. The molecule has 0 fully saturated rings. The van der Waals surface area contributed by atoms with Gasteiger partial charge in [-0.15, -0.1) is 0 Å². The summed E-state index contributed by atoms with van der Waals surface area (Å²) in [5, 5.41) is 22.1. The molecular formula is C25H35BrN2O6. The number of carbonyl (C=O) groups is 1. The van der Waals surface area contributed by atoms with Crippen molar-refractivity contribution in [3.8, 4) is 17.2 Å². The number of anilines is 1. The average molecular weight is 539 g/mol. The summed E-state index contributed by atoms with van der Waals surface area (Å²) in [6, 6.07) is 10.4. The quantitative estimate of drug-likeness (QED) is 0.302. The molecule has 2 amide bonds. The van der Waals surface area contributed by atoms with Crippen LogP contribution in [-0.4, -0.2) is 61.7 Å². The van der Waals surface area contributed by atoms with Gasteiger partial charge in [0.05, 0.1) is 27.4 Å². The number of amides is 2. The molecule has 8 nitrogen and oxygen atoms in total. The standard InChI is InChI=1S/C25H35BrN2O6/c1-4-5-6-11-34-24-13-21(9-10-22(24)32-2)27-25(31)28(14-18(16-29)17-30)15-19-7-8-20(26)12-23(19)33-3/h7-10,12-13,18,29-30H,4-6,11,14-17H2,1-3H3,(H,27,31). The van der Waals surface area contributed by atoms with Gasteiger partial charge in [-0.1, -0.05) is 41.8 Å². The number of halogens is 1. The SMILES string of the molecule is CCCCCOc1cc(NC(=O)N(Cc2ccc(Br)cc2OC)CC(CO)CO)ccc1OC. The Kier molecular flexibility index (Phi) is 12.0. The number of nitrogens with one attached hydrogen (secondary N) is 1. The summed E-state index contributed by atoms with van der Waals surface area (Å²) < 4.78 is 17.6. The Morgan fingerprint density at radius 2 is 1.76 bits per heavy atom. The third kappa shape index (κ3) is 8.38. The van der Waals surface area contributed by atoms with Crippen LogP contribution in [0.15, 0.2) is 40.9 Å². The molecule has 0 aliphatic heterocycles.